The Morgan fingerprint density at radius 2 is 2.00 bits per heavy atom. The Kier molecular flexibility index (Phi) is 5.37. The molecule has 1 aliphatic carbocycles. The molecule has 24 heavy (non-hydrogen) atoms. The number of ether oxygens (including phenoxy) is 1. The number of benzene rings is 1. The van der Waals surface area contributed by atoms with Gasteiger partial charge in [-0.05, 0) is 31.4 Å². The Bertz CT molecular complexity index is 776. The predicted molar refractivity (Wildman–Crippen MR) is 91.6 cm³/mol. The third kappa shape index (κ3) is 3.33. The van der Waals surface area contributed by atoms with Gasteiger partial charge in [0.2, 0.25) is 0 Å². The Labute approximate surface area is 150 Å². The first-order chi connectivity index (χ1) is 11.2. The van der Waals surface area contributed by atoms with Gasteiger partial charge in [0.25, 0.3) is 0 Å². The van der Waals surface area contributed by atoms with E-state index in [1.807, 2.05) is 0 Å². The molecular weight excluding hydrogens is 351 g/mol. The van der Waals surface area contributed by atoms with E-state index in [-0.39, 0.29) is 40.2 Å². The van der Waals surface area contributed by atoms with Crippen LogP contribution in [0.4, 0.5) is 0 Å². The maximum atomic E-state index is 13.0. The molecule has 0 amide bonds. The van der Waals surface area contributed by atoms with Crippen molar-refractivity contribution < 1.29 is 19.1 Å². The fourth-order valence-electron chi connectivity index (χ4n) is 3.02. The SMILES string of the molecule is C#CCC1(CCC(C)=O)Cc2cc(OC(C)=O)c(Cl)c(Cl)c2C1=O. The molecule has 0 saturated heterocycles. The Hall–Kier alpha value is -1.83. The molecule has 1 unspecified atom stereocenters. The molecule has 0 radical (unpaired) electrons. The number of fused-ring (bicyclic) bond motifs is 1. The maximum Gasteiger partial charge on any atom is 0.308 e. The zero-order valence-corrected chi connectivity index (χ0v) is 14.9. The molecule has 1 aromatic carbocycles. The Morgan fingerprint density at radius 1 is 1.33 bits per heavy atom. The highest BCUT2D eigenvalue weighted by Crippen LogP contribution is 2.49. The van der Waals surface area contributed by atoms with E-state index in [0.29, 0.717) is 24.0 Å². The standard InChI is InChI=1S/C18H16Cl2O4/c1-4-6-18(7-5-10(2)21)9-12-8-13(24-11(3)22)15(19)16(20)14(12)17(18)23/h1,8H,5-7,9H2,2-3H3. The summed E-state index contributed by atoms with van der Waals surface area (Å²) in [4.78, 5) is 35.5. The molecule has 0 saturated carbocycles. The lowest BCUT2D eigenvalue weighted by Crippen LogP contribution is -2.28. The number of Topliss-reactive ketones (excluding diaryl/α,β-unsaturated/α-hetero) is 2. The van der Waals surface area contributed by atoms with Crippen molar-refractivity contribution in [2.24, 2.45) is 5.41 Å². The van der Waals surface area contributed by atoms with Crippen LogP contribution in [0.5, 0.6) is 5.75 Å². The first-order valence-corrected chi connectivity index (χ1v) is 8.14. The highest BCUT2D eigenvalue weighted by Gasteiger charge is 2.46. The predicted octanol–water partition coefficient (Wildman–Crippen LogP) is 4.04. The van der Waals surface area contributed by atoms with Gasteiger partial charge < -0.3 is 9.53 Å². The van der Waals surface area contributed by atoms with Crippen LogP contribution in [0, 0.1) is 17.8 Å². The van der Waals surface area contributed by atoms with Gasteiger partial charge in [-0.15, -0.1) is 12.3 Å². The first-order valence-electron chi connectivity index (χ1n) is 7.39. The molecule has 0 heterocycles. The number of halogens is 2. The summed E-state index contributed by atoms with van der Waals surface area (Å²) in [6.45, 7) is 2.72. The van der Waals surface area contributed by atoms with E-state index in [1.54, 1.807) is 6.07 Å². The van der Waals surface area contributed by atoms with Crippen LogP contribution in [0.15, 0.2) is 6.07 Å². The van der Waals surface area contributed by atoms with Gasteiger partial charge in [0, 0.05) is 30.7 Å². The Morgan fingerprint density at radius 3 is 2.54 bits per heavy atom. The number of rotatable bonds is 5. The molecule has 0 N–H and O–H groups in total. The van der Waals surface area contributed by atoms with Gasteiger partial charge in [-0.2, -0.15) is 0 Å². The largest absolute Gasteiger partial charge is 0.425 e. The van der Waals surface area contributed by atoms with Gasteiger partial charge in [0.15, 0.2) is 11.5 Å². The second kappa shape index (κ2) is 6.96. The minimum Gasteiger partial charge on any atom is -0.425 e. The van der Waals surface area contributed by atoms with Crippen LogP contribution in [0.3, 0.4) is 0 Å². The number of ketones is 2. The second-order valence-corrected chi connectivity index (χ2v) is 6.76. The van der Waals surface area contributed by atoms with E-state index in [2.05, 4.69) is 5.92 Å². The highest BCUT2D eigenvalue weighted by molar-refractivity contribution is 6.45. The molecular formula is C18H16Cl2O4. The molecule has 0 aliphatic heterocycles. The highest BCUT2D eigenvalue weighted by atomic mass is 35.5. The lowest BCUT2D eigenvalue weighted by molar-refractivity contribution is -0.131. The van der Waals surface area contributed by atoms with E-state index >= 15 is 0 Å². The molecule has 4 nitrogen and oxygen atoms in total. The quantitative estimate of drug-likeness (QED) is 0.448. The molecule has 1 aromatic rings. The van der Waals surface area contributed by atoms with E-state index in [9.17, 15) is 14.4 Å². The van der Waals surface area contributed by atoms with E-state index in [0.717, 1.165) is 0 Å². The van der Waals surface area contributed by atoms with Crippen LogP contribution < -0.4 is 4.74 Å². The number of hydrogen-bond acceptors (Lipinski definition) is 4. The minimum absolute atomic E-state index is 0.0140. The fraction of sp³-hybridized carbons (Fsp3) is 0.389. The lowest BCUT2D eigenvalue weighted by atomic mass is 9.76. The molecule has 1 atom stereocenters. The fourth-order valence-corrected chi connectivity index (χ4v) is 3.51. The van der Waals surface area contributed by atoms with Crippen molar-refractivity contribution >= 4 is 40.7 Å². The molecule has 0 fully saturated rings. The van der Waals surface area contributed by atoms with Crippen molar-refractivity contribution in [2.45, 2.75) is 39.5 Å². The molecule has 0 spiro atoms. The number of carbonyl (C=O) groups excluding carboxylic acids is 3. The van der Waals surface area contributed by atoms with Crippen molar-refractivity contribution in [3.63, 3.8) is 0 Å². The molecule has 0 aromatic heterocycles. The van der Waals surface area contributed by atoms with Gasteiger partial charge in [-0.3, -0.25) is 9.59 Å². The zero-order chi connectivity index (χ0) is 18.1. The number of esters is 1. The normalized spacial score (nSPS) is 18.9. The van der Waals surface area contributed by atoms with Crippen molar-refractivity contribution in [3.8, 4) is 18.1 Å². The first kappa shape index (κ1) is 18.5. The third-order valence-corrected chi connectivity index (χ3v) is 4.99. The lowest BCUT2D eigenvalue weighted by Gasteiger charge is -2.24. The topological polar surface area (TPSA) is 60.4 Å². The summed E-state index contributed by atoms with van der Waals surface area (Å²) in [6, 6.07) is 1.55. The summed E-state index contributed by atoms with van der Waals surface area (Å²) in [6.07, 6.45) is 6.58. The van der Waals surface area contributed by atoms with E-state index in [4.69, 9.17) is 34.4 Å². The number of terminal acetylenes is 1. The van der Waals surface area contributed by atoms with Crippen molar-refractivity contribution in [2.75, 3.05) is 0 Å². The summed E-state index contributed by atoms with van der Waals surface area (Å²) in [5.41, 5.74) is 0.0609. The van der Waals surface area contributed by atoms with Crippen molar-refractivity contribution in [1.82, 2.24) is 0 Å². The number of hydrogen-bond donors (Lipinski definition) is 0. The summed E-state index contributed by atoms with van der Waals surface area (Å²) in [7, 11) is 0. The smallest absolute Gasteiger partial charge is 0.308 e. The van der Waals surface area contributed by atoms with Crippen LogP contribution in [-0.4, -0.2) is 17.5 Å². The molecule has 1 aliphatic rings. The van der Waals surface area contributed by atoms with Gasteiger partial charge in [-0.1, -0.05) is 23.2 Å². The summed E-state index contributed by atoms with van der Waals surface area (Å²) >= 11 is 12.4. The molecule has 126 valence electrons. The average Bonchev–Trinajstić information content (AvgIpc) is 2.75. The van der Waals surface area contributed by atoms with Crippen LogP contribution in [0.2, 0.25) is 10.0 Å². The monoisotopic (exact) mass is 366 g/mol. The molecule has 0 bridgehead atoms. The van der Waals surface area contributed by atoms with Crippen molar-refractivity contribution in [3.05, 3.63) is 27.2 Å². The summed E-state index contributed by atoms with van der Waals surface area (Å²) in [5.74, 6) is 1.88. The van der Waals surface area contributed by atoms with Crippen molar-refractivity contribution in [1.29, 1.82) is 0 Å². The minimum atomic E-state index is -0.870. The van der Waals surface area contributed by atoms with Gasteiger partial charge in [0.05, 0.1) is 5.02 Å². The van der Waals surface area contributed by atoms with Gasteiger partial charge in [0.1, 0.15) is 10.8 Å². The molecule has 6 heteroatoms. The van der Waals surface area contributed by atoms with Gasteiger partial charge in [-0.25, -0.2) is 0 Å². The van der Waals surface area contributed by atoms with E-state index < -0.39 is 11.4 Å². The van der Waals surface area contributed by atoms with Gasteiger partial charge >= 0.3 is 5.97 Å². The average molecular weight is 367 g/mol. The van der Waals surface area contributed by atoms with E-state index in [1.165, 1.54) is 13.8 Å². The Balaban J connectivity index is 2.51. The van der Waals surface area contributed by atoms with Crippen LogP contribution >= 0.6 is 23.2 Å². The van der Waals surface area contributed by atoms with Crippen LogP contribution in [0.1, 0.15) is 49.0 Å². The zero-order valence-electron chi connectivity index (χ0n) is 13.4. The second-order valence-electron chi connectivity index (χ2n) is 6.00. The number of carbonyl (C=O) groups is 3. The summed E-state index contributed by atoms with van der Waals surface area (Å²) in [5, 5.41) is 0.0687. The third-order valence-electron chi connectivity index (χ3n) is 4.14. The maximum absolute atomic E-state index is 13.0. The summed E-state index contributed by atoms with van der Waals surface area (Å²) < 4.78 is 5.05. The van der Waals surface area contributed by atoms with Crippen LogP contribution in [0.25, 0.3) is 0 Å². The van der Waals surface area contributed by atoms with Crippen LogP contribution in [-0.2, 0) is 16.0 Å². The molecule has 2 rings (SSSR count).